The van der Waals surface area contributed by atoms with Crippen LogP contribution in [0.4, 0.5) is 23.7 Å². The number of anilines is 1. The van der Waals surface area contributed by atoms with Crippen molar-refractivity contribution in [3.63, 3.8) is 0 Å². The summed E-state index contributed by atoms with van der Waals surface area (Å²) in [5, 5.41) is 8.80. The normalized spacial score (nSPS) is 11.9. The molecule has 34 heavy (non-hydrogen) atoms. The van der Waals surface area contributed by atoms with Gasteiger partial charge >= 0.3 is 12.2 Å². The first-order valence-electron chi connectivity index (χ1n) is 10.3. The minimum absolute atomic E-state index is 0.0277. The number of aryl methyl sites for hydroxylation is 1. The Bertz CT molecular complexity index is 1260. The molecule has 0 fully saturated rings. The Morgan fingerprint density at radius 3 is 2.38 bits per heavy atom. The van der Waals surface area contributed by atoms with Gasteiger partial charge in [-0.25, -0.2) is 22.6 Å². The second-order valence-electron chi connectivity index (χ2n) is 7.50. The van der Waals surface area contributed by atoms with E-state index in [4.69, 9.17) is 0 Å². The zero-order valence-corrected chi connectivity index (χ0v) is 19.3. The first-order chi connectivity index (χ1) is 16.0. The SMILES string of the molecule is CCS(=O)(=O)NCc1ccc(NC(=O)NCc2cc(C(F)(F)F)nn2-c2cccc(C)c2)cc1. The molecule has 0 aliphatic carbocycles. The number of hydrogen-bond acceptors (Lipinski definition) is 4. The molecule has 3 N–H and O–H groups in total. The molecule has 0 aliphatic heterocycles. The van der Waals surface area contributed by atoms with E-state index >= 15 is 0 Å². The molecule has 1 heterocycles. The molecule has 0 aliphatic rings. The van der Waals surface area contributed by atoms with Crippen LogP contribution in [0.2, 0.25) is 0 Å². The van der Waals surface area contributed by atoms with Crippen LogP contribution >= 0.6 is 0 Å². The number of rotatable bonds is 8. The van der Waals surface area contributed by atoms with Gasteiger partial charge in [0.2, 0.25) is 10.0 Å². The molecule has 2 amide bonds. The minimum atomic E-state index is -4.63. The van der Waals surface area contributed by atoms with Crippen molar-refractivity contribution in [2.75, 3.05) is 11.1 Å². The molecule has 1 aromatic heterocycles. The van der Waals surface area contributed by atoms with Crippen LogP contribution < -0.4 is 15.4 Å². The number of aromatic nitrogens is 2. The smallest absolute Gasteiger partial charge is 0.332 e. The average Bonchev–Trinajstić information content (AvgIpc) is 3.22. The van der Waals surface area contributed by atoms with Gasteiger partial charge < -0.3 is 10.6 Å². The molecule has 182 valence electrons. The highest BCUT2D eigenvalue weighted by atomic mass is 32.2. The van der Waals surface area contributed by atoms with Crippen molar-refractivity contribution in [2.45, 2.75) is 33.1 Å². The zero-order chi connectivity index (χ0) is 24.9. The maximum absolute atomic E-state index is 13.2. The monoisotopic (exact) mass is 495 g/mol. The molecule has 0 radical (unpaired) electrons. The van der Waals surface area contributed by atoms with Gasteiger partial charge in [0.25, 0.3) is 0 Å². The molecule has 2 aromatic carbocycles. The van der Waals surface area contributed by atoms with E-state index in [1.165, 1.54) is 6.92 Å². The van der Waals surface area contributed by atoms with Gasteiger partial charge in [0, 0.05) is 12.2 Å². The number of halogens is 3. The Kier molecular flexibility index (Phi) is 7.62. The number of carbonyl (C=O) groups is 1. The Hall–Kier alpha value is -3.38. The highest BCUT2D eigenvalue weighted by Gasteiger charge is 2.35. The predicted octanol–water partition coefficient (Wildman–Crippen LogP) is 3.96. The summed E-state index contributed by atoms with van der Waals surface area (Å²) < 4.78 is 66.3. The van der Waals surface area contributed by atoms with Gasteiger partial charge in [0.05, 0.1) is 23.7 Å². The Balaban J connectivity index is 1.66. The van der Waals surface area contributed by atoms with Crippen molar-refractivity contribution in [3.05, 3.63) is 77.1 Å². The van der Waals surface area contributed by atoms with Crippen molar-refractivity contribution >= 4 is 21.7 Å². The fraction of sp³-hybridized carbons (Fsp3) is 0.273. The van der Waals surface area contributed by atoms with Crippen LogP contribution in [0.25, 0.3) is 5.69 Å². The lowest BCUT2D eigenvalue weighted by Gasteiger charge is -2.11. The van der Waals surface area contributed by atoms with Crippen LogP contribution in [0.3, 0.4) is 0 Å². The topological polar surface area (TPSA) is 105 Å². The molecule has 12 heteroatoms. The fourth-order valence-electron chi connectivity index (χ4n) is 3.01. The Morgan fingerprint density at radius 2 is 1.76 bits per heavy atom. The number of amides is 2. The quantitative estimate of drug-likeness (QED) is 0.440. The minimum Gasteiger partial charge on any atom is -0.332 e. The molecule has 0 bridgehead atoms. The molecule has 0 spiro atoms. The molecular weight excluding hydrogens is 471 g/mol. The maximum Gasteiger partial charge on any atom is 0.435 e. The summed E-state index contributed by atoms with van der Waals surface area (Å²) in [5.74, 6) is -0.0277. The number of alkyl halides is 3. The number of nitrogens with zero attached hydrogens (tertiary/aromatic N) is 2. The van der Waals surface area contributed by atoms with E-state index in [0.717, 1.165) is 16.3 Å². The Morgan fingerprint density at radius 1 is 1.06 bits per heavy atom. The number of carbonyl (C=O) groups excluding carboxylic acids is 1. The predicted molar refractivity (Wildman–Crippen MR) is 122 cm³/mol. The van der Waals surface area contributed by atoms with E-state index in [1.807, 2.05) is 13.0 Å². The second-order valence-corrected chi connectivity index (χ2v) is 9.59. The van der Waals surface area contributed by atoms with Gasteiger partial charge in [-0.1, -0.05) is 24.3 Å². The van der Waals surface area contributed by atoms with Gasteiger partial charge in [-0.15, -0.1) is 0 Å². The van der Waals surface area contributed by atoms with Gasteiger partial charge in [0.15, 0.2) is 5.69 Å². The molecular formula is C22H24F3N5O3S. The third-order valence-corrected chi connectivity index (χ3v) is 6.18. The van der Waals surface area contributed by atoms with Crippen LogP contribution in [0.1, 0.15) is 29.4 Å². The summed E-state index contributed by atoms with van der Waals surface area (Å²) in [4.78, 5) is 12.3. The van der Waals surface area contributed by atoms with Crippen LogP contribution in [-0.2, 0) is 29.3 Å². The van der Waals surface area contributed by atoms with Crippen molar-refractivity contribution in [3.8, 4) is 5.69 Å². The molecule has 3 aromatic rings. The highest BCUT2D eigenvalue weighted by Crippen LogP contribution is 2.29. The lowest BCUT2D eigenvalue weighted by molar-refractivity contribution is -0.141. The third kappa shape index (κ3) is 6.81. The Labute approximate surface area is 195 Å². The molecule has 8 nitrogen and oxygen atoms in total. The number of sulfonamides is 1. The molecule has 0 saturated carbocycles. The summed E-state index contributed by atoms with van der Waals surface area (Å²) in [6, 6.07) is 13.6. The summed E-state index contributed by atoms with van der Waals surface area (Å²) in [6.07, 6.45) is -4.63. The zero-order valence-electron chi connectivity index (χ0n) is 18.5. The second kappa shape index (κ2) is 10.3. The molecule has 3 rings (SSSR count). The summed E-state index contributed by atoms with van der Waals surface area (Å²) >= 11 is 0. The van der Waals surface area contributed by atoms with Gasteiger partial charge in [-0.05, 0) is 55.3 Å². The average molecular weight is 496 g/mol. The fourth-order valence-corrected chi connectivity index (χ4v) is 3.61. The lowest BCUT2D eigenvalue weighted by Crippen LogP contribution is -2.29. The van der Waals surface area contributed by atoms with Gasteiger partial charge in [-0.2, -0.15) is 18.3 Å². The molecule has 0 atom stereocenters. The first-order valence-corrected chi connectivity index (χ1v) is 12.0. The van der Waals surface area contributed by atoms with Gasteiger partial charge in [0.1, 0.15) is 0 Å². The summed E-state index contributed by atoms with van der Waals surface area (Å²) in [5.41, 5.74) is 1.53. The van der Waals surface area contributed by atoms with Crippen molar-refractivity contribution < 1.29 is 26.4 Å². The summed E-state index contributed by atoms with van der Waals surface area (Å²) in [7, 11) is -3.32. The van der Waals surface area contributed by atoms with E-state index in [1.54, 1.807) is 42.5 Å². The third-order valence-electron chi connectivity index (χ3n) is 4.84. The first kappa shape index (κ1) is 25.2. The number of benzene rings is 2. The van der Waals surface area contributed by atoms with Crippen LogP contribution in [0.5, 0.6) is 0 Å². The standard InChI is InChI=1S/C22H24F3N5O3S/c1-3-34(32,33)27-13-16-7-9-17(10-8-16)28-21(31)26-14-19-12-20(22(23,24)25)29-30(19)18-6-4-5-15(2)11-18/h4-12,27H,3,13-14H2,1-2H3,(H2,26,28,31). The highest BCUT2D eigenvalue weighted by molar-refractivity contribution is 7.89. The van der Waals surface area contributed by atoms with E-state index in [2.05, 4.69) is 20.5 Å². The van der Waals surface area contributed by atoms with Crippen LogP contribution in [-0.4, -0.2) is 30.0 Å². The van der Waals surface area contributed by atoms with Crippen LogP contribution in [0, 0.1) is 6.92 Å². The van der Waals surface area contributed by atoms with Crippen molar-refractivity contribution in [1.29, 1.82) is 0 Å². The lowest BCUT2D eigenvalue weighted by atomic mass is 10.2. The number of urea groups is 1. The molecule has 0 unspecified atom stereocenters. The maximum atomic E-state index is 13.2. The summed E-state index contributed by atoms with van der Waals surface area (Å²) in [6.45, 7) is 3.27. The number of nitrogens with one attached hydrogen (secondary N) is 3. The molecule has 0 saturated heterocycles. The van der Waals surface area contributed by atoms with E-state index in [-0.39, 0.29) is 24.5 Å². The number of hydrogen-bond donors (Lipinski definition) is 3. The van der Waals surface area contributed by atoms with Crippen molar-refractivity contribution in [2.24, 2.45) is 0 Å². The van der Waals surface area contributed by atoms with Crippen LogP contribution in [0.15, 0.2) is 54.6 Å². The van der Waals surface area contributed by atoms with E-state index < -0.39 is 27.9 Å². The van der Waals surface area contributed by atoms with Crippen molar-refractivity contribution in [1.82, 2.24) is 19.8 Å². The van der Waals surface area contributed by atoms with E-state index in [0.29, 0.717) is 16.9 Å². The van der Waals surface area contributed by atoms with E-state index in [9.17, 15) is 26.4 Å². The largest absolute Gasteiger partial charge is 0.435 e. The van der Waals surface area contributed by atoms with Gasteiger partial charge in [-0.3, -0.25) is 0 Å².